The average Bonchev–Trinajstić information content (AvgIpc) is 2.58. The topological polar surface area (TPSA) is 75.9 Å². The summed E-state index contributed by atoms with van der Waals surface area (Å²) in [6.07, 6.45) is 2.43. The second-order valence-electron chi connectivity index (χ2n) is 5.44. The molecule has 0 spiro atoms. The van der Waals surface area contributed by atoms with Crippen LogP contribution in [-0.4, -0.2) is 9.97 Å². The van der Waals surface area contributed by atoms with Gasteiger partial charge in [0.15, 0.2) is 11.6 Å². The van der Waals surface area contributed by atoms with E-state index < -0.39 is 0 Å². The fourth-order valence-corrected chi connectivity index (χ4v) is 2.84. The van der Waals surface area contributed by atoms with Crippen LogP contribution in [0.4, 0.5) is 28.7 Å². The predicted octanol–water partition coefficient (Wildman–Crippen LogP) is 5.42. The minimum Gasteiger partial charge on any atom is -0.393 e. The molecule has 0 unspecified atom stereocenters. The molecule has 0 bridgehead atoms. The van der Waals surface area contributed by atoms with E-state index in [2.05, 4.69) is 39.7 Å². The summed E-state index contributed by atoms with van der Waals surface area (Å²) in [7, 11) is 0. The zero-order valence-corrected chi connectivity index (χ0v) is 15.1. The predicted molar refractivity (Wildman–Crippen MR) is 105 cm³/mol. The number of hydrogen-bond acceptors (Lipinski definition) is 5. The lowest BCUT2D eigenvalue weighted by atomic mass is 10.1. The highest BCUT2D eigenvalue weighted by Gasteiger charge is 2.09. The first-order valence-corrected chi connectivity index (χ1v) is 8.50. The molecule has 3 rings (SSSR count). The van der Waals surface area contributed by atoms with Gasteiger partial charge in [0.2, 0.25) is 0 Å². The van der Waals surface area contributed by atoms with Crippen LogP contribution in [0.5, 0.6) is 0 Å². The van der Waals surface area contributed by atoms with Gasteiger partial charge in [0.1, 0.15) is 12.0 Å². The van der Waals surface area contributed by atoms with Crippen molar-refractivity contribution in [3.8, 4) is 0 Å². The summed E-state index contributed by atoms with van der Waals surface area (Å²) in [4.78, 5) is 8.40. The Kier molecular flexibility index (Phi) is 5.26. The third-order valence-corrected chi connectivity index (χ3v) is 4.07. The Balaban J connectivity index is 1.83. The SMILES string of the molecule is CCc1ccc(Nc2ncnc(Nc3cc(Cl)cc(Cl)c3)c2N)cc1. The Morgan fingerprint density at radius 2 is 1.44 bits per heavy atom. The van der Waals surface area contributed by atoms with E-state index in [0.29, 0.717) is 33.1 Å². The van der Waals surface area contributed by atoms with Crippen LogP contribution >= 0.6 is 23.2 Å². The van der Waals surface area contributed by atoms with Gasteiger partial charge in [-0.05, 0) is 42.3 Å². The smallest absolute Gasteiger partial charge is 0.159 e. The fourth-order valence-electron chi connectivity index (χ4n) is 2.32. The van der Waals surface area contributed by atoms with Gasteiger partial charge in [0.05, 0.1) is 0 Å². The molecule has 0 radical (unpaired) electrons. The number of aryl methyl sites for hydroxylation is 1. The van der Waals surface area contributed by atoms with Gasteiger partial charge in [0, 0.05) is 21.4 Å². The molecular formula is C18H17Cl2N5. The largest absolute Gasteiger partial charge is 0.393 e. The van der Waals surface area contributed by atoms with E-state index >= 15 is 0 Å². The number of nitrogens with one attached hydrogen (secondary N) is 2. The molecule has 0 amide bonds. The number of hydrogen-bond donors (Lipinski definition) is 3. The standard InChI is InChI=1S/C18H17Cl2N5/c1-2-11-3-5-14(6-4-11)24-17-16(21)18(23-10-22-17)25-15-8-12(19)7-13(20)9-15/h3-10H,2,21H2,1H3,(H2,22,23,24,25). The van der Waals surface area contributed by atoms with Crippen molar-refractivity contribution in [3.63, 3.8) is 0 Å². The molecule has 7 heteroatoms. The fraction of sp³-hybridized carbons (Fsp3) is 0.111. The average molecular weight is 374 g/mol. The van der Waals surface area contributed by atoms with Gasteiger partial charge in [-0.15, -0.1) is 0 Å². The highest BCUT2D eigenvalue weighted by atomic mass is 35.5. The van der Waals surface area contributed by atoms with Crippen LogP contribution in [0.1, 0.15) is 12.5 Å². The number of nitrogens with zero attached hydrogens (tertiary/aromatic N) is 2. The van der Waals surface area contributed by atoms with Gasteiger partial charge in [-0.1, -0.05) is 42.3 Å². The molecule has 128 valence electrons. The lowest BCUT2D eigenvalue weighted by Crippen LogP contribution is -2.05. The maximum atomic E-state index is 6.20. The van der Waals surface area contributed by atoms with Crippen LogP contribution in [0.2, 0.25) is 10.0 Å². The van der Waals surface area contributed by atoms with E-state index in [4.69, 9.17) is 28.9 Å². The third-order valence-electron chi connectivity index (χ3n) is 3.63. The Labute approximate surface area is 156 Å². The zero-order chi connectivity index (χ0) is 17.8. The second kappa shape index (κ2) is 7.59. The Hall–Kier alpha value is -2.50. The molecule has 0 saturated heterocycles. The maximum Gasteiger partial charge on any atom is 0.159 e. The number of halogens is 2. The lowest BCUT2D eigenvalue weighted by Gasteiger charge is -2.13. The van der Waals surface area contributed by atoms with Gasteiger partial charge in [-0.2, -0.15) is 0 Å². The van der Waals surface area contributed by atoms with E-state index in [9.17, 15) is 0 Å². The Bertz CT molecular complexity index is 861. The Morgan fingerprint density at radius 1 is 0.880 bits per heavy atom. The molecule has 4 N–H and O–H groups in total. The number of rotatable bonds is 5. The molecule has 3 aromatic rings. The van der Waals surface area contributed by atoms with E-state index in [0.717, 1.165) is 12.1 Å². The van der Waals surface area contributed by atoms with Crippen molar-refractivity contribution < 1.29 is 0 Å². The van der Waals surface area contributed by atoms with E-state index in [1.54, 1.807) is 18.2 Å². The number of nitrogens with two attached hydrogens (primary N) is 1. The van der Waals surface area contributed by atoms with Crippen molar-refractivity contribution in [1.29, 1.82) is 0 Å². The number of nitrogen functional groups attached to an aromatic ring is 1. The number of aromatic nitrogens is 2. The number of anilines is 5. The normalized spacial score (nSPS) is 10.5. The van der Waals surface area contributed by atoms with Gasteiger partial charge in [-0.25, -0.2) is 9.97 Å². The molecule has 0 aliphatic rings. The minimum absolute atomic E-state index is 0.401. The van der Waals surface area contributed by atoms with E-state index in [1.165, 1.54) is 11.9 Å². The first kappa shape index (κ1) is 17.3. The van der Waals surface area contributed by atoms with Crippen LogP contribution in [0.3, 0.4) is 0 Å². The summed E-state index contributed by atoms with van der Waals surface area (Å²) in [6, 6.07) is 13.2. The van der Waals surface area contributed by atoms with Crippen molar-refractivity contribution in [2.24, 2.45) is 0 Å². The van der Waals surface area contributed by atoms with Crippen molar-refractivity contribution in [2.75, 3.05) is 16.4 Å². The molecule has 25 heavy (non-hydrogen) atoms. The molecule has 0 aliphatic heterocycles. The first-order chi connectivity index (χ1) is 12.0. The molecular weight excluding hydrogens is 357 g/mol. The quantitative estimate of drug-likeness (QED) is 0.556. The van der Waals surface area contributed by atoms with Crippen LogP contribution in [0.25, 0.3) is 0 Å². The monoisotopic (exact) mass is 373 g/mol. The summed E-state index contributed by atoms with van der Waals surface area (Å²) in [6.45, 7) is 2.12. The molecule has 0 aliphatic carbocycles. The summed E-state index contributed by atoms with van der Waals surface area (Å²) in [5.74, 6) is 0.996. The second-order valence-corrected chi connectivity index (χ2v) is 6.32. The van der Waals surface area contributed by atoms with Gasteiger partial charge < -0.3 is 16.4 Å². The van der Waals surface area contributed by atoms with Gasteiger partial charge in [-0.3, -0.25) is 0 Å². The molecule has 1 heterocycles. The lowest BCUT2D eigenvalue weighted by molar-refractivity contribution is 1.14. The molecule has 1 aromatic heterocycles. The van der Waals surface area contributed by atoms with Crippen molar-refractivity contribution >= 4 is 51.9 Å². The van der Waals surface area contributed by atoms with E-state index in [1.807, 2.05) is 12.1 Å². The molecule has 2 aromatic carbocycles. The van der Waals surface area contributed by atoms with Crippen LogP contribution in [0.15, 0.2) is 48.8 Å². The molecule has 0 fully saturated rings. The van der Waals surface area contributed by atoms with Crippen LogP contribution < -0.4 is 16.4 Å². The molecule has 5 nitrogen and oxygen atoms in total. The highest BCUT2D eigenvalue weighted by Crippen LogP contribution is 2.30. The third kappa shape index (κ3) is 4.32. The van der Waals surface area contributed by atoms with Crippen LogP contribution in [0, 0.1) is 0 Å². The van der Waals surface area contributed by atoms with Crippen LogP contribution in [-0.2, 0) is 6.42 Å². The molecule has 0 saturated carbocycles. The number of benzene rings is 2. The zero-order valence-electron chi connectivity index (χ0n) is 13.6. The van der Waals surface area contributed by atoms with Gasteiger partial charge in [0.25, 0.3) is 0 Å². The molecule has 0 atom stereocenters. The Morgan fingerprint density at radius 3 is 2.00 bits per heavy atom. The summed E-state index contributed by atoms with van der Waals surface area (Å²) < 4.78 is 0. The summed E-state index contributed by atoms with van der Waals surface area (Å²) in [5.41, 5.74) is 9.46. The van der Waals surface area contributed by atoms with Gasteiger partial charge >= 0.3 is 0 Å². The van der Waals surface area contributed by atoms with E-state index in [-0.39, 0.29) is 0 Å². The van der Waals surface area contributed by atoms with Crippen molar-refractivity contribution in [2.45, 2.75) is 13.3 Å². The summed E-state index contributed by atoms with van der Waals surface area (Å²) in [5, 5.41) is 7.37. The maximum absolute atomic E-state index is 6.20. The first-order valence-electron chi connectivity index (χ1n) is 7.74. The van der Waals surface area contributed by atoms with Crippen molar-refractivity contribution in [1.82, 2.24) is 9.97 Å². The minimum atomic E-state index is 0.401. The highest BCUT2D eigenvalue weighted by molar-refractivity contribution is 6.35. The van der Waals surface area contributed by atoms with Crippen molar-refractivity contribution in [3.05, 3.63) is 64.4 Å². The summed E-state index contributed by atoms with van der Waals surface area (Å²) >= 11 is 12.0.